The highest BCUT2D eigenvalue weighted by atomic mass is 32.1. The molecule has 0 spiro atoms. The summed E-state index contributed by atoms with van der Waals surface area (Å²) in [5, 5.41) is 7.48. The summed E-state index contributed by atoms with van der Waals surface area (Å²) in [7, 11) is 0. The monoisotopic (exact) mass is 394 g/mol. The molecule has 28 heavy (non-hydrogen) atoms. The molecule has 5 rings (SSSR count). The van der Waals surface area contributed by atoms with E-state index in [9.17, 15) is 4.79 Å². The summed E-state index contributed by atoms with van der Waals surface area (Å²) in [5.74, 6) is 0.812. The minimum atomic E-state index is 0.149. The highest BCUT2D eigenvalue weighted by molar-refractivity contribution is 7.13. The Hall–Kier alpha value is -2.21. The molecule has 0 aromatic carbocycles. The zero-order chi connectivity index (χ0) is 19.4. The fourth-order valence-electron chi connectivity index (χ4n) is 4.10. The number of aromatic nitrogens is 3. The molecule has 5 nitrogen and oxygen atoms in total. The molecule has 2 saturated carbocycles. The molecule has 2 aliphatic carbocycles. The number of fused-ring (bicyclic) bond motifs is 1. The summed E-state index contributed by atoms with van der Waals surface area (Å²) in [6.07, 6.45) is 6.56. The first kappa shape index (κ1) is 17.9. The standard InChI is InChI=1S/C22H26N4OS/c1-13(2)26-21-18(12-23-26)17(11-19(24-21)20-5-4-10-28-20)22(27)25(16-8-9-16)14(3)15-6-7-15/h4-5,10-16H,6-9H2,1-3H3/t14-/m1/s1. The van der Waals surface area contributed by atoms with Crippen LogP contribution in [0.2, 0.25) is 0 Å². The molecule has 3 heterocycles. The maximum Gasteiger partial charge on any atom is 0.255 e. The number of carbonyl (C=O) groups is 1. The SMILES string of the molecule is CC(C)n1ncc2c(C(=O)N(C3CC3)[C@H](C)C3CC3)cc(-c3cccs3)nc21. The van der Waals surface area contributed by atoms with E-state index < -0.39 is 0 Å². The molecule has 0 N–H and O–H groups in total. The predicted molar refractivity (Wildman–Crippen MR) is 113 cm³/mol. The second kappa shape index (κ2) is 6.69. The van der Waals surface area contributed by atoms with Gasteiger partial charge in [-0.3, -0.25) is 4.79 Å². The number of hydrogen-bond acceptors (Lipinski definition) is 4. The van der Waals surface area contributed by atoms with E-state index in [1.165, 1.54) is 12.8 Å². The zero-order valence-corrected chi connectivity index (χ0v) is 17.4. The van der Waals surface area contributed by atoms with Gasteiger partial charge in [0.15, 0.2) is 5.65 Å². The van der Waals surface area contributed by atoms with Gasteiger partial charge in [-0.05, 0) is 69.9 Å². The number of nitrogens with zero attached hydrogens (tertiary/aromatic N) is 4. The average molecular weight is 395 g/mol. The first-order valence-electron chi connectivity index (χ1n) is 10.3. The molecule has 2 aliphatic rings. The van der Waals surface area contributed by atoms with Gasteiger partial charge in [-0.25, -0.2) is 9.67 Å². The van der Waals surface area contributed by atoms with Crippen molar-refractivity contribution < 1.29 is 4.79 Å². The Morgan fingerprint density at radius 1 is 1.25 bits per heavy atom. The highest BCUT2D eigenvalue weighted by Gasteiger charge is 2.42. The number of rotatable bonds is 6. The van der Waals surface area contributed by atoms with Gasteiger partial charge in [0.1, 0.15) is 0 Å². The first-order valence-corrected chi connectivity index (χ1v) is 11.2. The molecular formula is C22H26N4OS. The number of amides is 1. The van der Waals surface area contributed by atoms with Crippen molar-refractivity contribution in [1.82, 2.24) is 19.7 Å². The van der Waals surface area contributed by atoms with Crippen LogP contribution in [-0.4, -0.2) is 37.7 Å². The Morgan fingerprint density at radius 3 is 2.64 bits per heavy atom. The zero-order valence-electron chi connectivity index (χ0n) is 16.6. The van der Waals surface area contributed by atoms with Crippen LogP contribution in [0.25, 0.3) is 21.6 Å². The molecule has 1 atom stereocenters. The van der Waals surface area contributed by atoms with Crippen molar-refractivity contribution in [3.63, 3.8) is 0 Å². The lowest BCUT2D eigenvalue weighted by Crippen LogP contribution is -2.41. The van der Waals surface area contributed by atoms with Gasteiger partial charge in [-0.1, -0.05) is 6.07 Å². The quantitative estimate of drug-likeness (QED) is 0.581. The maximum absolute atomic E-state index is 13.8. The van der Waals surface area contributed by atoms with E-state index in [0.29, 0.717) is 18.0 Å². The topological polar surface area (TPSA) is 51.0 Å². The van der Waals surface area contributed by atoms with Crippen molar-refractivity contribution in [3.8, 4) is 10.6 Å². The van der Waals surface area contributed by atoms with E-state index in [-0.39, 0.29) is 11.9 Å². The summed E-state index contributed by atoms with van der Waals surface area (Å²) in [6.45, 7) is 6.42. The van der Waals surface area contributed by atoms with Gasteiger partial charge >= 0.3 is 0 Å². The normalized spacial score (nSPS) is 18.0. The first-order chi connectivity index (χ1) is 13.5. The molecular weight excluding hydrogens is 368 g/mol. The summed E-state index contributed by atoms with van der Waals surface area (Å²) in [6, 6.07) is 6.98. The number of carbonyl (C=O) groups excluding carboxylic acids is 1. The van der Waals surface area contributed by atoms with Crippen LogP contribution < -0.4 is 0 Å². The van der Waals surface area contributed by atoms with Crippen LogP contribution >= 0.6 is 11.3 Å². The smallest absolute Gasteiger partial charge is 0.255 e. The largest absolute Gasteiger partial charge is 0.333 e. The van der Waals surface area contributed by atoms with Crippen LogP contribution in [0, 0.1) is 5.92 Å². The van der Waals surface area contributed by atoms with Gasteiger partial charge in [-0.2, -0.15) is 5.10 Å². The van der Waals surface area contributed by atoms with E-state index in [2.05, 4.69) is 36.8 Å². The predicted octanol–water partition coefficient (Wildman–Crippen LogP) is 5.14. The molecule has 1 amide bonds. The summed E-state index contributed by atoms with van der Waals surface area (Å²) < 4.78 is 1.93. The van der Waals surface area contributed by atoms with Gasteiger partial charge in [-0.15, -0.1) is 11.3 Å². The lowest BCUT2D eigenvalue weighted by Gasteiger charge is -2.30. The summed E-state index contributed by atoms with van der Waals surface area (Å²) in [5.41, 5.74) is 2.42. The van der Waals surface area contributed by atoms with Crippen molar-refractivity contribution in [2.45, 2.75) is 64.6 Å². The Kier molecular flexibility index (Phi) is 4.27. The van der Waals surface area contributed by atoms with Gasteiger partial charge < -0.3 is 4.90 Å². The average Bonchev–Trinajstić information content (AvgIpc) is 3.59. The van der Waals surface area contributed by atoms with E-state index in [1.54, 1.807) is 11.3 Å². The Labute approximate surface area is 169 Å². The fourth-order valence-corrected chi connectivity index (χ4v) is 4.79. The van der Waals surface area contributed by atoms with E-state index in [1.807, 2.05) is 28.4 Å². The number of hydrogen-bond donors (Lipinski definition) is 0. The molecule has 0 aliphatic heterocycles. The van der Waals surface area contributed by atoms with Crippen LogP contribution in [0.4, 0.5) is 0 Å². The van der Waals surface area contributed by atoms with Crippen LogP contribution in [0.1, 0.15) is 62.9 Å². The second-order valence-electron chi connectivity index (χ2n) is 8.47. The molecule has 6 heteroatoms. The van der Waals surface area contributed by atoms with Crippen LogP contribution in [0.3, 0.4) is 0 Å². The van der Waals surface area contributed by atoms with Crippen molar-refractivity contribution in [2.75, 3.05) is 0 Å². The molecule has 3 aromatic heterocycles. The summed E-state index contributed by atoms with van der Waals surface area (Å²) in [4.78, 5) is 21.9. The molecule has 0 bridgehead atoms. The van der Waals surface area contributed by atoms with Crippen molar-refractivity contribution in [2.24, 2.45) is 5.92 Å². The molecule has 0 saturated heterocycles. The van der Waals surface area contributed by atoms with Gasteiger partial charge in [0.05, 0.1) is 27.7 Å². The molecule has 0 unspecified atom stereocenters. The number of pyridine rings is 1. The minimum Gasteiger partial charge on any atom is -0.333 e. The third-order valence-corrected chi connectivity index (χ3v) is 6.87. The molecule has 2 fully saturated rings. The van der Waals surface area contributed by atoms with E-state index >= 15 is 0 Å². The third kappa shape index (κ3) is 3.04. The molecule has 3 aromatic rings. The molecule has 0 radical (unpaired) electrons. The Bertz CT molecular complexity index is 1010. The van der Waals surface area contributed by atoms with Crippen LogP contribution in [0.15, 0.2) is 29.8 Å². The van der Waals surface area contributed by atoms with Gasteiger partial charge in [0.25, 0.3) is 5.91 Å². The highest BCUT2D eigenvalue weighted by Crippen LogP contribution is 2.41. The fraction of sp³-hybridized carbons (Fsp3) is 0.500. The minimum absolute atomic E-state index is 0.149. The number of thiophene rings is 1. The van der Waals surface area contributed by atoms with E-state index in [4.69, 9.17) is 4.98 Å². The van der Waals surface area contributed by atoms with Crippen molar-refractivity contribution in [3.05, 3.63) is 35.3 Å². The van der Waals surface area contributed by atoms with Crippen LogP contribution in [0.5, 0.6) is 0 Å². The van der Waals surface area contributed by atoms with E-state index in [0.717, 1.165) is 40.0 Å². The van der Waals surface area contributed by atoms with Crippen LogP contribution in [-0.2, 0) is 0 Å². The second-order valence-corrected chi connectivity index (χ2v) is 9.42. The van der Waals surface area contributed by atoms with Gasteiger partial charge in [0.2, 0.25) is 0 Å². The lowest BCUT2D eigenvalue weighted by atomic mass is 10.1. The lowest BCUT2D eigenvalue weighted by molar-refractivity contribution is 0.0656. The summed E-state index contributed by atoms with van der Waals surface area (Å²) >= 11 is 1.65. The Balaban J connectivity index is 1.65. The maximum atomic E-state index is 13.8. The third-order valence-electron chi connectivity index (χ3n) is 5.98. The Morgan fingerprint density at radius 2 is 2.04 bits per heavy atom. The van der Waals surface area contributed by atoms with Crippen molar-refractivity contribution >= 4 is 28.3 Å². The molecule has 146 valence electrons. The van der Waals surface area contributed by atoms with Gasteiger partial charge in [0, 0.05) is 18.1 Å². The van der Waals surface area contributed by atoms with Crippen molar-refractivity contribution in [1.29, 1.82) is 0 Å².